The summed E-state index contributed by atoms with van der Waals surface area (Å²) < 4.78 is 0. The van der Waals surface area contributed by atoms with Gasteiger partial charge in [0.2, 0.25) is 0 Å². The minimum atomic E-state index is -0.0691. The number of terminal acetylenes is 1. The van der Waals surface area contributed by atoms with Crippen LogP contribution in [0, 0.1) is 12.3 Å². The molecule has 1 amide bonds. The number of carbonyl (C=O) groups excluding carboxylic acids is 1. The molecule has 0 unspecified atom stereocenters. The predicted molar refractivity (Wildman–Crippen MR) is 64.1 cm³/mol. The minimum Gasteiger partial charge on any atom is -0.352 e. The highest BCUT2D eigenvalue weighted by Crippen LogP contribution is 2.07. The van der Waals surface area contributed by atoms with E-state index in [9.17, 15) is 4.79 Å². The summed E-state index contributed by atoms with van der Waals surface area (Å²) >= 11 is 4.14. The van der Waals surface area contributed by atoms with E-state index in [2.05, 4.69) is 23.9 Å². The topological polar surface area (TPSA) is 29.1 Å². The Hall–Kier alpha value is -1.40. The quantitative estimate of drug-likeness (QED) is 0.453. The third kappa shape index (κ3) is 4.09. The zero-order chi connectivity index (χ0) is 11.1. The summed E-state index contributed by atoms with van der Waals surface area (Å²) in [6, 6.07) is 7.08. The molecule has 0 aliphatic rings. The number of unbranched alkanes of at least 4 members (excludes halogenated alkanes) is 1. The molecule has 0 heterocycles. The van der Waals surface area contributed by atoms with Crippen molar-refractivity contribution >= 4 is 18.5 Å². The van der Waals surface area contributed by atoms with E-state index < -0.39 is 0 Å². The number of benzene rings is 1. The number of amides is 1. The van der Waals surface area contributed by atoms with Gasteiger partial charge in [0.1, 0.15) is 0 Å². The molecule has 1 N–H and O–H groups in total. The molecule has 0 atom stereocenters. The zero-order valence-corrected chi connectivity index (χ0v) is 9.26. The standard InChI is InChI=1S/C12H13NOS/c1-2-3-4-9-13-12(14)10-5-7-11(15)8-6-10/h1,5-8,15H,3-4,9H2,(H,13,14). The Labute approximate surface area is 95.5 Å². The van der Waals surface area contributed by atoms with Gasteiger partial charge in [-0.05, 0) is 30.7 Å². The van der Waals surface area contributed by atoms with Crippen molar-refractivity contribution in [1.29, 1.82) is 0 Å². The normalized spacial score (nSPS) is 9.33. The van der Waals surface area contributed by atoms with E-state index in [1.54, 1.807) is 24.3 Å². The van der Waals surface area contributed by atoms with Gasteiger partial charge < -0.3 is 5.32 Å². The summed E-state index contributed by atoms with van der Waals surface area (Å²) in [5.41, 5.74) is 0.647. The van der Waals surface area contributed by atoms with Crippen LogP contribution < -0.4 is 5.32 Å². The summed E-state index contributed by atoms with van der Waals surface area (Å²) in [5, 5.41) is 2.79. The molecule has 1 aromatic carbocycles. The fourth-order valence-electron chi connectivity index (χ4n) is 1.11. The van der Waals surface area contributed by atoms with Crippen LogP contribution in [0.5, 0.6) is 0 Å². The molecule has 1 aromatic rings. The molecule has 0 saturated carbocycles. The highest BCUT2D eigenvalue weighted by atomic mass is 32.1. The molecular weight excluding hydrogens is 206 g/mol. The molecule has 0 aromatic heterocycles. The largest absolute Gasteiger partial charge is 0.352 e. The first kappa shape index (κ1) is 11.7. The van der Waals surface area contributed by atoms with Crippen LogP contribution in [0.2, 0.25) is 0 Å². The SMILES string of the molecule is C#CCCCNC(=O)c1ccc(S)cc1. The van der Waals surface area contributed by atoms with Gasteiger partial charge >= 0.3 is 0 Å². The van der Waals surface area contributed by atoms with Gasteiger partial charge in [0.15, 0.2) is 0 Å². The first-order valence-corrected chi connectivity index (χ1v) is 5.19. The van der Waals surface area contributed by atoms with E-state index in [4.69, 9.17) is 6.42 Å². The molecule has 1 rings (SSSR count). The van der Waals surface area contributed by atoms with Crippen LogP contribution in [-0.2, 0) is 0 Å². The molecule has 2 nitrogen and oxygen atoms in total. The van der Waals surface area contributed by atoms with Gasteiger partial charge in [0.05, 0.1) is 0 Å². The summed E-state index contributed by atoms with van der Waals surface area (Å²) in [6.45, 7) is 0.617. The molecule has 15 heavy (non-hydrogen) atoms. The van der Waals surface area contributed by atoms with Gasteiger partial charge in [-0.3, -0.25) is 4.79 Å². The second-order valence-electron chi connectivity index (χ2n) is 3.11. The fourth-order valence-corrected chi connectivity index (χ4v) is 1.26. The zero-order valence-electron chi connectivity index (χ0n) is 8.36. The number of thiol groups is 1. The van der Waals surface area contributed by atoms with Crippen molar-refractivity contribution in [3.05, 3.63) is 29.8 Å². The molecular formula is C12H13NOS. The molecule has 0 spiro atoms. The van der Waals surface area contributed by atoms with Crippen molar-refractivity contribution in [3.63, 3.8) is 0 Å². The Kier molecular flexibility index (Phi) is 4.79. The Morgan fingerprint density at radius 2 is 2.07 bits per heavy atom. The molecule has 3 heteroatoms. The van der Waals surface area contributed by atoms with Gasteiger partial charge in [0, 0.05) is 23.4 Å². The van der Waals surface area contributed by atoms with Crippen molar-refractivity contribution < 1.29 is 4.79 Å². The number of carbonyl (C=O) groups is 1. The highest BCUT2D eigenvalue weighted by Gasteiger charge is 2.02. The lowest BCUT2D eigenvalue weighted by Crippen LogP contribution is -2.24. The van der Waals surface area contributed by atoms with Crippen molar-refractivity contribution in [2.45, 2.75) is 17.7 Å². The van der Waals surface area contributed by atoms with Crippen LogP contribution in [0.3, 0.4) is 0 Å². The minimum absolute atomic E-state index is 0.0691. The lowest BCUT2D eigenvalue weighted by atomic mass is 10.2. The lowest BCUT2D eigenvalue weighted by molar-refractivity contribution is 0.0953. The molecule has 0 aliphatic carbocycles. The van der Waals surface area contributed by atoms with E-state index in [1.807, 2.05) is 0 Å². The Bertz CT molecular complexity index is 364. The smallest absolute Gasteiger partial charge is 0.251 e. The first-order chi connectivity index (χ1) is 7.24. The van der Waals surface area contributed by atoms with Crippen molar-refractivity contribution in [3.8, 4) is 12.3 Å². The van der Waals surface area contributed by atoms with E-state index in [0.29, 0.717) is 18.5 Å². The maximum atomic E-state index is 11.5. The van der Waals surface area contributed by atoms with Gasteiger partial charge in [-0.1, -0.05) is 0 Å². The second kappa shape index (κ2) is 6.15. The molecule has 0 aliphatic heterocycles. The lowest BCUT2D eigenvalue weighted by Gasteiger charge is -2.03. The average Bonchev–Trinajstić information content (AvgIpc) is 2.25. The van der Waals surface area contributed by atoms with Crippen LogP contribution in [0.15, 0.2) is 29.2 Å². The fraction of sp³-hybridized carbons (Fsp3) is 0.250. The first-order valence-electron chi connectivity index (χ1n) is 4.74. The van der Waals surface area contributed by atoms with E-state index >= 15 is 0 Å². The van der Waals surface area contributed by atoms with Crippen LogP contribution in [-0.4, -0.2) is 12.5 Å². The monoisotopic (exact) mass is 219 g/mol. The van der Waals surface area contributed by atoms with E-state index in [0.717, 1.165) is 11.3 Å². The molecule has 0 bridgehead atoms. The summed E-state index contributed by atoms with van der Waals surface area (Å²) in [4.78, 5) is 12.4. The predicted octanol–water partition coefficient (Wildman–Crippen LogP) is 2.12. The Morgan fingerprint density at radius 1 is 1.40 bits per heavy atom. The van der Waals surface area contributed by atoms with Gasteiger partial charge in [-0.15, -0.1) is 25.0 Å². The van der Waals surface area contributed by atoms with E-state index in [1.165, 1.54) is 0 Å². The Morgan fingerprint density at radius 3 is 2.67 bits per heavy atom. The average molecular weight is 219 g/mol. The molecule has 78 valence electrons. The third-order valence-electron chi connectivity index (χ3n) is 1.91. The maximum absolute atomic E-state index is 11.5. The van der Waals surface area contributed by atoms with Crippen LogP contribution in [0.1, 0.15) is 23.2 Å². The van der Waals surface area contributed by atoms with E-state index in [-0.39, 0.29) is 5.91 Å². The maximum Gasteiger partial charge on any atom is 0.251 e. The summed E-state index contributed by atoms with van der Waals surface area (Å²) in [6.07, 6.45) is 6.60. The summed E-state index contributed by atoms with van der Waals surface area (Å²) in [7, 11) is 0. The third-order valence-corrected chi connectivity index (χ3v) is 2.21. The molecule has 0 saturated heterocycles. The highest BCUT2D eigenvalue weighted by molar-refractivity contribution is 7.80. The Balaban J connectivity index is 2.41. The van der Waals surface area contributed by atoms with Gasteiger partial charge in [-0.25, -0.2) is 0 Å². The number of rotatable bonds is 4. The van der Waals surface area contributed by atoms with Crippen LogP contribution in [0.25, 0.3) is 0 Å². The molecule has 0 radical (unpaired) electrons. The molecule has 0 fully saturated rings. The second-order valence-corrected chi connectivity index (χ2v) is 3.63. The number of hydrogen-bond acceptors (Lipinski definition) is 2. The van der Waals surface area contributed by atoms with Crippen LogP contribution in [0.4, 0.5) is 0 Å². The van der Waals surface area contributed by atoms with Gasteiger partial charge in [-0.2, -0.15) is 0 Å². The summed E-state index contributed by atoms with van der Waals surface area (Å²) in [5.74, 6) is 2.46. The van der Waals surface area contributed by atoms with Crippen LogP contribution >= 0.6 is 12.6 Å². The van der Waals surface area contributed by atoms with Crippen molar-refractivity contribution in [2.24, 2.45) is 0 Å². The van der Waals surface area contributed by atoms with Crippen molar-refractivity contribution in [1.82, 2.24) is 5.32 Å². The number of hydrogen-bond donors (Lipinski definition) is 2. The van der Waals surface area contributed by atoms with Gasteiger partial charge in [0.25, 0.3) is 5.91 Å². The van der Waals surface area contributed by atoms with Crippen molar-refractivity contribution in [2.75, 3.05) is 6.54 Å². The number of nitrogens with one attached hydrogen (secondary N) is 1.